The van der Waals surface area contributed by atoms with E-state index in [1.807, 2.05) is 6.07 Å². The zero-order valence-corrected chi connectivity index (χ0v) is 12.7. The molecule has 21 heavy (non-hydrogen) atoms. The first kappa shape index (κ1) is 16.9. The van der Waals surface area contributed by atoms with Crippen molar-refractivity contribution in [2.45, 2.75) is 18.2 Å². The monoisotopic (exact) mass is 308 g/mol. The molecule has 0 saturated heterocycles. The molecular formula is C14H16N2O4S. The molecule has 1 rings (SSSR count). The third-order valence-electron chi connectivity index (χ3n) is 2.92. The minimum absolute atomic E-state index is 0.00506. The van der Waals surface area contributed by atoms with Crippen molar-refractivity contribution in [2.24, 2.45) is 0 Å². The number of carbonyl (C=O) groups is 2. The second kappa shape index (κ2) is 6.99. The molecular weight excluding hydrogens is 292 g/mol. The second-order valence-corrected chi connectivity index (χ2v) is 6.55. The summed E-state index contributed by atoms with van der Waals surface area (Å²) in [5.41, 5.74) is 0.409. The van der Waals surface area contributed by atoms with Crippen LogP contribution in [0.3, 0.4) is 0 Å². The maximum Gasteiger partial charge on any atom is 0.237 e. The van der Waals surface area contributed by atoms with Crippen LogP contribution in [0.5, 0.6) is 0 Å². The molecule has 112 valence electrons. The first-order valence-electron chi connectivity index (χ1n) is 6.22. The van der Waals surface area contributed by atoms with Crippen LogP contribution in [0.25, 0.3) is 0 Å². The molecule has 0 heterocycles. The van der Waals surface area contributed by atoms with Gasteiger partial charge < -0.3 is 4.90 Å². The summed E-state index contributed by atoms with van der Waals surface area (Å²) in [7, 11) is -2.31. The molecule has 0 radical (unpaired) electrons. The van der Waals surface area contributed by atoms with Gasteiger partial charge in [0.25, 0.3) is 0 Å². The van der Waals surface area contributed by atoms with Crippen molar-refractivity contribution in [1.82, 2.24) is 4.90 Å². The molecule has 0 spiro atoms. The lowest BCUT2D eigenvalue weighted by molar-refractivity contribution is -0.127. The molecule has 0 aromatic heterocycles. The van der Waals surface area contributed by atoms with Gasteiger partial charge in [0.2, 0.25) is 5.91 Å². The van der Waals surface area contributed by atoms with Gasteiger partial charge in [0, 0.05) is 19.2 Å². The Balaban J connectivity index is 2.84. The van der Waals surface area contributed by atoms with E-state index >= 15 is 0 Å². The maximum atomic E-state index is 12.1. The van der Waals surface area contributed by atoms with E-state index in [2.05, 4.69) is 0 Å². The van der Waals surface area contributed by atoms with Crippen molar-refractivity contribution in [3.05, 3.63) is 29.8 Å². The number of benzene rings is 1. The van der Waals surface area contributed by atoms with E-state index in [0.717, 1.165) is 0 Å². The topological polar surface area (TPSA) is 95.3 Å². The van der Waals surface area contributed by atoms with Crippen LogP contribution in [-0.2, 0) is 14.6 Å². The molecule has 0 atom stereocenters. The van der Waals surface area contributed by atoms with Gasteiger partial charge in [0.05, 0.1) is 17.4 Å². The van der Waals surface area contributed by atoms with Crippen LogP contribution in [0.2, 0.25) is 0 Å². The van der Waals surface area contributed by atoms with Gasteiger partial charge >= 0.3 is 0 Å². The van der Waals surface area contributed by atoms with E-state index in [1.165, 1.54) is 43.1 Å². The van der Waals surface area contributed by atoms with E-state index in [9.17, 15) is 18.0 Å². The van der Waals surface area contributed by atoms with Gasteiger partial charge in [-0.1, -0.05) is 12.1 Å². The fourth-order valence-electron chi connectivity index (χ4n) is 1.60. The first-order chi connectivity index (χ1) is 9.77. The van der Waals surface area contributed by atoms with Crippen LogP contribution in [-0.4, -0.2) is 44.4 Å². The highest BCUT2D eigenvalue weighted by molar-refractivity contribution is 7.92. The zero-order chi connectivity index (χ0) is 16.0. The molecule has 0 unspecified atom stereocenters. The fraction of sp³-hybridized carbons (Fsp3) is 0.357. The predicted octanol–water partition coefficient (Wildman–Crippen LogP) is 1.03. The van der Waals surface area contributed by atoms with Gasteiger partial charge in [-0.3, -0.25) is 9.59 Å². The Bertz CT molecular complexity index is 672. The average Bonchev–Trinajstić information content (AvgIpc) is 2.44. The molecule has 0 bridgehead atoms. The van der Waals surface area contributed by atoms with E-state index in [0.29, 0.717) is 5.56 Å². The highest BCUT2D eigenvalue weighted by Gasteiger charge is 2.21. The van der Waals surface area contributed by atoms with E-state index < -0.39 is 21.5 Å². The lowest BCUT2D eigenvalue weighted by Gasteiger charge is -2.15. The molecule has 1 aromatic carbocycles. The summed E-state index contributed by atoms with van der Waals surface area (Å²) in [6, 6.07) is 7.35. The lowest BCUT2D eigenvalue weighted by Crippen LogP contribution is -2.33. The Morgan fingerprint density at radius 3 is 2.29 bits per heavy atom. The van der Waals surface area contributed by atoms with Crippen molar-refractivity contribution in [3.63, 3.8) is 0 Å². The van der Waals surface area contributed by atoms with Crippen LogP contribution in [0.1, 0.15) is 23.7 Å². The molecule has 0 aliphatic heterocycles. The van der Waals surface area contributed by atoms with Gasteiger partial charge in [-0.15, -0.1) is 0 Å². The number of nitrogens with zero attached hydrogens (tertiary/aromatic N) is 2. The molecule has 0 aliphatic carbocycles. The van der Waals surface area contributed by atoms with Gasteiger partial charge in [-0.25, -0.2) is 8.42 Å². The summed E-state index contributed by atoms with van der Waals surface area (Å²) in [6.45, 7) is 1.57. The summed E-state index contributed by atoms with van der Waals surface area (Å²) >= 11 is 0. The number of carbonyl (C=O) groups excluding carboxylic acids is 2. The summed E-state index contributed by atoms with van der Waals surface area (Å²) in [5.74, 6) is -1.39. The number of ketones is 1. The number of hydrogen-bond donors (Lipinski definition) is 0. The number of Topliss-reactive ketones (excluding diaryl/α,β-unsaturated/α-hetero) is 1. The van der Waals surface area contributed by atoms with Crippen LogP contribution >= 0.6 is 0 Å². The highest BCUT2D eigenvalue weighted by Crippen LogP contribution is 2.13. The summed E-state index contributed by atoms with van der Waals surface area (Å²) in [5, 5.41) is 8.44. The maximum absolute atomic E-state index is 12.1. The molecule has 7 heteroatoms. The van der Waals surface area contributed by atoms with Crippen LogP contribution in [0.4, 0.5) is 0 Å². The second-order valence-electron chi connectivity index (χ2n) is 4.56. The standard InChI is InChI=1S/C14H16N2O4S/c1-11(17)12-4-6-13(7-5-12)21(19,20)10-14(18)16(2)9-3-8-15/h4-7H,3,9-10H2,1-2H3. The molecule has 1 amide bonds. The van der Waals surface area contributed by atoms with Crippen molar-refractivity contribution in [3.8, 4) is 6.07 Å². The molecule has 6 nitrogen and oxygen atoms in total. The number of nitriles is 1. The van der Waals surface area contributed by atoms with E-state index in [4.69, 9.17) is 5.26 Å². The van der Waals surface area contributed by atoms with Crippen molar-refractivity contribution in [2.75, 3.05) is 19.3 Å². The molecule has 1 aromatic rings. The minimum Gasteiger partial charge on any atom is -0.344 e. The average molecular weight is 308 g/mol. The Morgan fingerprint density at radius 1 is 1.24 bits per heavy atom. The van der Waals surface area contributed by atoms with Crippen molar-refractivity contribution in [1.29, 1.82) is 5.26 Å². The third kappa shape index (κ3) is 4.68. The Kier molecular flexibility index (Phi) is 5.61. The zero-order valence-electron chi connectivity index (χ0n) is 11.9. The Labute approximate surface area is 123 Å². The lowest BCUT2D eigenvalue weighted by atomic mass is 10.2. The van der Waals surface area contributed by atoms with Gasteiger partial charge in [0.1, 0.15) is 5.75 Å². The fourth-order valence-corrected chi connectivity index (χ4v) is 2.86. The van der Waals surface area contributed by atoms with Gasteiger partial charge in [-0.05, 0) is 19.1 Å². The van der Waals surface area contributed by atoms with Crippen molar-refractivity contribution < 1.29 is 18.0 Å². The molecule has 0 aliphatic rings. The normalized spacial score (nSPS) is 10.7. The quantitative estimate of drug-likeness (QED) is 0.732. The Hall–Kier alpha value is -2.20. The van der Waals surface area contributed by atoms with E-state index in [-0.39, 0.29) is 23.6 Å². The van der Waals surface area contributed by atoms with Crippen LogP contribution < -0.4 is 0 Å². The third-order valence-corrected chi connectivity index (χ3v) is 4.54. The molecule has 0 N–H and O–H groups in total. The summed E-state index contributed by atoms with van der Waals surface area (Å²) < 4.78 is 24.2. The number of rotatable bonds is 6. The van der Waals surface area contributed by atoms with Crippen LogP contribution in [0.15, 0.2) is 29.2 Å². The van der Waals surface area contributed by atoms with E-state index in [1.54, 1.807) is 0 Å². The largest absolute Gasteiger partial charge is 0.344 e. The minimum atomic E-state index is -3.76. The number of amides is 1. The van der Waals surface area contributed by atoms with Crippen LogP contribution in [0, 0.1) is 11.3 Å². The summed E-state index contributed by atoms with van der Waals surface area (Å²) in [4.78, 5) is 24.1. The first-order valence-corrected chi connectivity index (χ1v) is 7.88. The number of sulfone groups is 1. The molecule has 0 saturated carbocycles. The number of hydrogen-bond acceptors (Lipinski definition) is 5. The SMILES string of the molecule is CC(=O)c1ccc(S(=O)(=O)CC(=O)N(C)CCC#N)cc1. The highest BCUT2D eigenvalue weighted by atomic mass is 32.2. The summed E-state index contributed by atoms with van der Waals surface area (Å²) in [6.07, 6.45) is 0.148. The van der Waals surface area contributed by atoms with Gasteiger partial charge in [-0.2, -0.15) is 5.26 Å². The smallest absolute Gasteiger partial charge is 0.237 e. The van der Waals surface area contributed by atoms with Crippen molar-refractivity contribution >= 4 is 21.5 Å². The Morgan fingerprint density at radius 2 is 1.81 bits per heavy atom. The molecule has 0 fully saturated rings. The van der Waals surface area contributed by atoms with Gasteiger partial charge in [0.15, 0.2) is 15.6 Å². The predicted molar refractivity (Wildman–Crippen MR) is 76.4 cm³/mol.